The highest BCUT2D eigenvalue weighted by molar-refractivity contribution is 6.58. The molecule has 0 bridgehead atoms. The largest absolute Gasteiger partial charge is 0.309 e. The Morgan fingerprint density at radius 1 is 0.750 bits per heavy atom. The first kappa shape index (κ1) is 16.5. The van der Waals surface area contributed by atoms with Gasteiger partial charge in [-0.1, -0.05) is 61.8 Å². The van der Waals surface area contributed by atoms with Crippen molar-refractivity contribution >= 4 is 14.1 Å². The number of hydrogen-bond donors (Lipinski definition) is 0. The van der Waals surface area contributed by atoms with Gasteiger partial charge in [0.25, 0.3) is 14.1 Å². The second-order valence-electron chi connectivity index (χ2n) is 5.45. The molecule has 0 aliphatic rings. The van der Waals surface area contributed by atoms with Gasteiger partial charge in [-0.2, -0.15) is 0 Å². The van der Waals surface area contributed by atoms with Crippen LogP contribution in [-0.4, -0.2) is 39.7 Å². The van der Waals surface area contributed by atoms with E-state index in [1.54, 1.807) is 15.8 Å². The zero-order valence-electron chi connectivity index (χ0n) is 12.1. The standard InChI is InChI=1S/C6H14N.2C4H9.Al/c1-4-5-6-7(2)3;2*1-3-4-2;/h1,4-6H2,2-3H3;2*1,3-4H2,2H3;. The maximum atomic E-state index is 2.33. The lowest BCUT2D eigenvalue weighted by atomic mass is 10.3. The molecule has 0 aliphatic carbocycles. The maximum absolute atomic E-state index is 2.33. The van der Waals surface area contributed by atoms with Crippen LogP contribution in [0.15, 0.2) is 0 Å². The third-order valence-electron chi connectivity index (χ3n) is 3.40. The molecule has 0 amide bonds. The Bertz CT molecular complexity index is 129. The van der Waals surface area contributed by atoms with Crippen LogP contribution >= 0.6 is 0 Å². The van der Waals surface area contributed by atoms with Crippen molar-refractivity contribution in [1.29, 1.82) is 0 Å². The molecular formula is C14H32AlN. The van der Waals surface area contributed by atoms with E-state index in [9.17, 15) is 0 Å². The van der Waals surface area contributed by atoms with Gasteiger partial charge in [0.15, 0.2) is 0 Å². The molecule has 16 heavy (non-hydrogen) atoms. The van der Waals surface area contributed by atoms with Crippen molar-refractivity contribution in [1.82, 2.24) is 4.90 Å². The van der Waals surface area contributed by atoms with Crippen molar-refractivity contribution < 1.29 is 0 Å². The fourth-order valence-electron chi connectivity index (χ4n) is 2.28. The van der Waals surface area contributed by atoms with Crippen LogP contribution in [0.4, 0.5) is 0 Å². The molecule has 0 aliphatic heterocycles. The molecule has 0 spiro atoms. The highest BCUT2D eigenvalue weighted by Crippen LogP contribution is 2.16. The van der Waals surface area contributed by atoms with E-state index in [4.69, 9.17) is 0 Å². The molecule has 0 heterocycles. The fraction of sp³-hybridized carbons (Fsp3) is 1.00. The van der Waals surface area contributed by atoms with Gasteiger partial charge in [0.05, 0.1) is 0 Å². The van der Waals surface area contributed by atoms with Gasteiger partial charge >= 0.3 is 0 Å². The van der Waals surface area contributed by atoms with Crippen LogP contribution in [-0.2, 0) is 0 Å². The Morgan fingerprint density at radius 2 is 1.25 bits per heavy atom. The summed E-state index contributed by atoms with van der Waals surface area (Å²) >= 11 is -0.351. The molecule has 0 fully saturated rings. The lowest BCUT2D eigenvalue weighted by molar-refractivity contribution is 0.398. The summed E-state index contributed by atoms with van der Waals surface area (Å²) in [6.45, 7) is 5.94. The van der Waals surface area contributed by atoms with E-state index >= 15 is 0 Å². The van der Waals surface area contributed by atoms with Gasteiger partial charge in [-0.15, -0.1) is 0 Å². The van der Waals surface area contributed by atoms with E-state index in [1.807, 2.05) is 0 Å². The third kappa shape index (κ3) is 11.0. The number of nitrogens with zero attached hydrogens (tertiary/aromatic N) is 1. The Kier molecular flexibility index (Phi) is 12.3. The molecule has 0 aromatic heterocycles. The van der Waals surface area contributed by atoms with Crippen LogP contribution < -0.4 is 0 Å². The first-order valence-electron chi connectivity index (χ1n) is 7.35. The summed E-state index contributed by atoms with van der Waals surface area (Å²) in [7, 11) is 4.37. The molecular weight excluding hydrogens is 209 g/mol. The maximum Gasteiger partial charge on any atom is 0.261 e. The predicted octanol–water partition coefficient (Wildman–Crippen LogP) is 4.42. The van der Waals surface area contributed by atoms with Crippen LogP contribution in [0.3, 0.4) is 0 Å². The van der Waals surface area contributed by atoms with Crippen molar-refractivity contribution in [3.8, 4) is 0 Å². The smallest absolute Gasteiger partial charge is 0.261 e. The van der Waals surface area contributed by atoms with E-state index in [-0.39, 0.29) is 14.1 Å². The van der Waals surface area contributed by atoms with E-state index < -0.39 is 0 Å². The van der Waals surface area contributed by atoms with Crippen LogP contribution in [0.5, 0.6) is 0 Å². The molecule has 96 valence electrons. The minimum absolute atomic E-state index is 0.351. The second kappa shape index (κ2) is 12.0. The average molecular weight is 241 g/mol. The minimum atomic E-state index is -0.351. The van der Waals surface area contributed by atoms with Crippen molar-refractivity contribution in [3.63, 3.8) is 0 Å². The van der Waals surface area contributed by atoms with Crippen molar-refractivity contribution in [2.75, 3.05) is 20.6 Å². The highest BCUT2D eigenvalue weighted by Gasteiger charge is 2.14. The van der Waals surface area contributed by atoms with Gasteiger partial charge in [0.2, 0.25) is 0 Å². The molecule has 0 saturated carbocycles. The summed E-state index contributed by atoms with van der Waals surface area (Å²) in [5, 5.41) is 4.82. The summed E-state index contributed by atoms with van der Waals surface area (Å²) in [4.78, 5) is 2.31. The molecule has 0 N–H and O–H groups in total. The first-order chi connectivity index (χ1) is 7.70. The third-order valence-corrected chi connectivity index (χ3v) is 7.07. The van der Waals surface area contributed by atoms with Crippen LogP contribution in [0.2, 0.25) is 15.8 Å². The van der Waals surface area contributed by atoms with Crippen molar-refractivity contribution in [3.05, 3.63) is 0 Å². The predicted molar refractivity (Wildman–Crippen MR) is 77.8 cm³/mol. The molecule has 0 aromatic rings. The molecule has 0 atom stereocenters. The van der Waals surface area contributed by atoms with Gasteiger partial charge in [-0.25, -0.2) is 0 Å². The SMILES string of the molecule is CCC[CH2][Al]([CH2]CCC)[CH2]CCCN(C)C. The number of hydrogen-bond acceptors (Lipinski definition) is 1. The Hall–Kier alpha value is 0.492. The Labute approximate surface area is 108 Å². The van der Waals surface area contributed by atoms with Crippen molar-refractivity contribution in [2.45, 2.75) is 68.2 Å². The Balaban J connectivity index is 3.56. The van der Waals surface area contributed by atoms with Gasteiger partial charge in [-0.3, -0.25) is 0 Å². The summed E-state index contributed by atoms with van der Waals surface area (Å²) in [6.07, 6.45) is 8.68. The number of rotatable bonds is 11. The van der Waals surface area contributed by atoms with E-state index in [2.05, 4.69) is 32.8 Å². The quantitative estimate of drug-likeness (QED) is 0.382. The van der Waals surface area contributed by atoms with Crippen molar-refractivity contribution in [2.24, 2.45) is 0 Å². The van der Waals surface area contributed by atoms with Crippen LogP contribution in [0.25, 0.3) is 0 Å². The zero-order chi connectivity index (χ0) is 12.2. The van der Waals surface area contributed by atoms with Gasteiger partial charge in [-0.05, 0) is 27.1 Å². The van der Waals surface area contributed by atoms with Crippen LogP contribution in [0.1, 0.15) is 52.4 Å². The van der Waals surface area contributed by atoms with E-state index in [0.717, 1.165) is 0 Å². The summed E-state index contributed by atoms with van der Waals surface area (Å²) in [5.41, 5.74) is 0. The second-order valence-corrected chi connectivity index (χ2v) is 8.91. The van der Waals surface area contributed by atoms with Gasteiger partial charge in [0, 0.05) is 0 Å². The molecule has 0 rings (SSSR count). The highest BCUT2D eigenvalue weighted by atomic mass is 27.2. The summed E-state index contributed by atoms with van der Waals surface area (Å²) in [6, 6.07) is 0. The summed E-state index contributed by atoms with van der Waals surface area (Å²) < 4.78 is 0. The zero-order valence-corrected chi connectivity index (χ0v) is 13.3. The lowest BCUT2D eigenvalue weighted by Crippen LogP contribution is -2.15. The molecule has 0 unspecified atom stereocenters. The van der Waals surface area contributed by atoms with Gasteiger partial charge < -0.3 is 4.90 Å². The topological polar surface area (TPSA) is 3.24 Å². The molecule has 0 aromatic carbocycles. The molecule has 1 nitrogen and oxygen atoms in total. The number of unbranched alkanes of at least 4 members (excludes halogenated alkanes) is 3. The monoisotopic (exact) mass is 241 g/mol. The van der Waals surface area contributed by atoms with E-state index in [0.29, 0.717) is 0 Å². The van der Waals surface area contributed by atoms with Crippen LogP contribution in [0, 0.1) is 0 Å². The lowest BCUT2D eigenvalue weighted by Gasteiger charge is -2.12. The normalized spacial score (nSPS) is 11.1. The first-order valence-corrected chi connectivity index (χ1v) is 9.80. The molecule has 2 heteroatoms. The average Bonchev–Trinajstić information content (AvgIpc) is 2.26. The summed E-state index contributed by atoms with van der Waals surface area (Å²) in [5.74, 6) is 0. The Morgan fingerprint density at radius 3 is 1.69 bits per heavy atom. The fourth-order valence-corrected chi connectivity index (χ4v) is 5.98. The molecule has 0 radical (unpaired) electrons. The van der Waals surface area contributed by atoms with E-state index in [1.165, 1.54) is 45.1 Å². The van der Waals surface area contributed by atoms with Gasteiger partial charge in [0.1, 0.15) is 0 Å². The molecule has 0 saturated heterocycles. The minimum Gasteiger partial charge on any atom is -0.309 e.